The molecule has 1 unspecified atom stereocenters. The van der Waals surface area contributed by atoms with Gasteiger partial charge in [-0.15, -0.1) is 11.8 Å². The second-order valence-electron chi connectivity index (χ2n) is 5.98. The minimum absolute atomic E-state index is 0.513. The van der Waals surface area contributed by atoms with Crippen molar-refractivity contribution in [3.05, 3.63) is 65.2 Å². The van der Waals surface area contributed by atoms with Crippen molar-refractivity contribution in [1.29, 1.82) is 0 Å². The number of fused-ring (bicyclic) bond motifs is 2. The van der Waals surface area contributed by atoms with Gasteiger partial charge < -0.3 is 5.32 Å². The Morgan fingerprint density at radius 1 is 1.05 bits per heavy atom. The lowest BCUT2D eigenvalue weighted by Gasteiger charge is -2.21. The molecular weight excluding hydrogens is 274 g/mol. The van der Waals surface area contributed by atoms with Crippen molar-refractivity contribution in [2.45, 2.75) is 42.9 Å². The topological polar surface area (TPSA) is 12.0 Å². The quantitative estimate of drug-likeness (QED) is 0.869. The molecule has 1 aliphatic heterocycles. The summed E-state index contributed by atoms with van der Waals surface area (Å²) in [6.45, 7) is 5.49. The first kappa shape index (κ1) is 14.7. The normalized spacial score (nSPS) is 17.2. The van der Waals surface area contributed by atoms with Gasteiger partial charge in [0.05, 0.1) is 0 Å². The highest BCUT2D eigenvalue weighted by Gasteiger charge is 2.23. The Hall–Kier alpha value is -1.25. The predicted molar refractivity (Wildman–Crippen MR) is 92.0 cm³/mol. The summed E-state index contributed by atoms with van der Waals surface area (Å²) >= 11 is 1.98. The Morgan fingerprint density at radius 2 is 1.76 bits per heavy atom. The maximum Gasteiger partial charge on any atom is 0.0235 e. The van der Waals surface area contributed by atoms with E-state index in [-0.39, 0.29) is 0 Å². The third kappa shape index (κ3) is 3.33. The van der Waals surface area contributed by atoms with E-state index in [4.69, 9.17) is 0 Å². The van der Waals surface area contributed by atoms with Crippen molar-refractivity contribution in [3.8, 4) is 0 Å². The standard InChI is InChI=1S/C19H23NS/c1-14(2)20-12-11-17-16-8-4-3-7-15(16)13-21-19-10-6-5-9-18(17)19/h3-10,14,17,20H,11-13H2,1-2H3. The molecule has 2 aromatic rings. The lowest BCUT2D eigenvalue weighted by Crippen LogP contribution is -2.25. The van der Waals surface area contributed by atoms with Crippen LogP contribution < -0.4 is 5.32 Å². The number of hydrogen-bond acceptors (Lipinski definition) is 2. The maximum absolute atomic E-state index is 3.57. The van der Waals surface area contributed by atoms with Gasteiger partial charge in [0.25, 0.3) is 0 Å². The summed E-state index contributed by atoms with van der Waals surface area (Å²) in [6.07, 6.45) is 1.16. The van der Waals surface area contributed by atoms with Crippen LogP contribution in [0.3, 0.4) is 0 Å². The molecule has 2 heteroatoms. The van der Waals surface area contributed by atoms with Crippen LogP contribution in [0.5, 0.6) is 0 Å². The summed E-state index contributed by atoms with van der Waals surface area (Å²) < 4.78 is 0. The molecule has 0 aliphatic carbocycles. The van der Waals surface area contributed by atoms with Crippen molar-refractivity contribution in [1.82, 2.24) is 5.32 Å². The smallest absolute Gasteiger partial charge is 0.0235 e. The van der Waals surface area contributed by atoms with E-state index in [0.717, 1.165) is 18.7 Å². The van der Waals surface area contributed by atoms with Crippen LogP contribution in [0.2, 0.25) is 0 Å². The summed E-state index contributed by atoms with van der Waals surface area (Å²) in [7, 11) is 0. The lowest BCUT2D eigenvalue weighted by atomic mass is 9.86. The molecule has 3 rings (SSSR count). The largest absolute Gasteiger partial charge is 0.314 e. The fraction of sp³-hybridized carbons (Fsp3) is 0.368. The van der Waals surface area contributed by atoms with Gasteiger partial charge in [0.2, 0.25) is 0 Å². The van der Waals surface area contributed by atoms with Crippen LogP contribution in [0.15, 0.2) is 53.4 Å². The zero-order chi connectivity index (χ0) is 14.7. The molecule has 1 heterocycles. The monoisotopic (exact) mass is 297 g/mol. The molecule has 0 saturated carbocycles. The number of hydrogen-bond donors (Lipinski definition) is 1. The Kier molecular flexibility index (Phi) is 4.67. The Bertz CT molecular complexity index is 559. The minimum Gasteiger partial charge on any atom is -0.314 e. The van der Waals surface area contributed by atoms with Crippen LogP contribution in [-0.4, -0.2) is 12.6 Å². The van der Waals surface area contributed by atoms with Crippen LogP contribution in [0.1, 0.15) is 42.9 Å². The first-order chi connectivity index (χ1) is 10.3. The molecule has 2 aromatic carbocycles. The van der Waals surface area contributed by atoms with Crippen LogP contribution >= 0.6 is 11.8 Å². The summed E-state index contributed by atoms with van der Waals surface area (Å²) in [5.41, 5.74) is 4.51. The number of nitrogens with one attached hydrogen (secondary N) is 1. The minimum atomic E-state index is 0.513. The average molecular weight is 297 g/mol. The van der Waals surface area contributed by atoms with E-state index < -0.39 is 0 Å². The van der Waals surface area contributed by atoms with Crippen molar-refractivity contribution in [2.24, 2.45) is 0 Å². The molecule has 0 radical (unpaired) electrons. The molecule has 0 fully saturated rings. The van der Waals surface area contributed by atoms with Crippen molar-refractivity contribution in [3.63, 3.8) is 0 Å². The van der Waals surface area contributed by atoms with E-state index in [0.29, 0.717) is 12.0 Å². The van der Waals surface area contributed by atoms with Crippen molar-refractivity contribution >= 4 is 11.8 Å². The summed E-state index contributed by atoms with van der Waals surface area (Å²) in [5, 5.41) is 3.57. The Balaban J connectivity index is 1.95. The SMILES string of the molecule is CC(C)NCCC1c2ccccc2CSc2ccccc21. The van der Waals surface area contributed by atoms with E-state index in [2.05, 4.69) is 67.7 Å². The van der Waals surface area contributed by atoms with E-state index in [1.165, 1.54) is 21.6 Å². The molecule has 0 saturated heterocycles. The molecular formula is C19H23NS. The number of rotatable bonds is 4. The van der Waals surface area contributed by atoms with Gasteiger partial charge in [-0.2, -0.15) is 0 Å². The summed E-state index contributed by atoms with van der Waals surface area (Å²) in [4.78, 5) is 1.45. The highest BCUT2D eigenvalue weighted by atomic mass is 32.2. The van der Waals surface area contributed by atoms with Gasteiger partial charge in [-0.1, -0.05) is 56.3 Å². The number of thioether (sulfide) groups is 1. The van der Waals surface area contributed by atoms with E-state index in [1.54, 1.807) is 0 Å². The molecule has 1 atom stereocenters. The third-order valence-electron chi connectivity index (χ3n) is 4.09. The van der Waals surface area contributed by atoms with E-state index >= 15 is 0 Å². The Labute approximate surface area is 132 Å². The van der Waals surface area contributed by atoms with Gasteiger partial charge in [-0.05, 0) is 35.7 Å². The first-order valence-corrected chi connectivity index (χ1v) is 8.77. The second kappa shape index (κ2) is 6.67. The number of benzene rings is 2. The Morgan fingerprint density at radius 3 is 2.57 bits per heavy atom. The second-order valence-corrected chi connectivity index (χ2v) is 6.99. The van der Waals surface area contributed by atoms with Crippen LogP contribution in [-0.2, 0) is 5.75 Å². The van der Waals surface area contributed by atoms with Gasteiger partial charge in [0, 0.05) is 22.6 Å². The van der Waals surface area contributed by atoms with Crippen molar-refractivity contribution in [2.75, 3.05) is 6.54 Å². The van der Waals surface area contributed by atoms with Gasteiger partial charge in [-0.3, -0.25) is 0 Å². The van der Waals surface area contributed by atoms with Gasteiger partial charge in [0.15, 0.2) is 0 Å². The molecule has 1 nitrogen and oxygen atoms in total. The molecule has 1 aliphatic rings. The van der Waals surface area contributed by atoms with E-state index in [1.807, 2.05) is 11.8 Å². The molecule has 21 heavy (non-hydrogen) atoms. The van der Waals surface area contributed by atoms with Gasteiger partial charge in [0.1, 0.15) is 0 Å². The maximum atomic E-state index is 3.57. The third-order valence-corrected chi connectivity index (χ3v) is 5.23. The van der Waals surface area contributed by atoms with Crippen LogP contribution in [0.25, 0.3) is 0 Å². The fourth-order valence-corrected chi connectivity index (χ4v) is 4.18. The van der Waals surface area contributed by atoms with Crippen molar-refractivity contribution < 1.29 is 0 Å². The van der Waals surface area contributed by atoms with Gasteiger partial charge in [-0.25, -0.2) is 0 Å². The average Bonchev–Trinajstić information content (AvgIpc) is 2.65. The predicted octanol–water partition coefficient (Wildman–Crippen LogP) is 4.81. The molecule has 0 amide bonds. The summed E-state index contributed by atoms with van der Waals surface area (Å²) in [6, 6.07) is 18.4. The first-order valence-electron chi connectivity index (χ1n) is 7.78. The zero-order valence-corrected chi connectivity index (χ0v) is 13.6. The highest BCUT2D eigenvalue weighted by Crippen LogP contribution is 2.41. The molecule has 0 bridgehead atoms. The van der Waals surface area contributed by atoms with Crippen LogP contribution in [0.4, 0.5) is 0 Å². The molecule has 1 N–H and O–H groups in total. The van der Waals surface area contributed by atoms with E-state index in [9.17, 15) is 0 Å². The highest BCUT2D eigenvalue weighted by molar-refractivity contribution is 7.98. The molecule has 110 valence electrons. The summed E-state index contributed by atoms with van der Waals surface area (Å²) in [5.74, 6) is 1.60. The fourth-order valence-electron chi connectivity index (χ4n) is 3.06. The lowest BCUT2D eigenvalue weighted by molar-refractivity contribution is 0.548. The molecule has 0 aromatic heterocycles. The zero-order valence-electron chi connectivity index (χ0n) is 12.8. The van der Waals surface area contributed by atoms with Gasteiger partial charge >= 0.3 is 0 Å². The molecule has 0 spiro atoms. The van der Waals surface area contributed by atoms with Crippen LogP contribution in [0, 0.1) is 0 Å².